The van der Waals surface area contributed by atoms with Crippen molar-refractivity contribution in [2.24, 2.45) is 7.05 Å². The van der Waals surface area contributed by atoms with E-state index in [-0.39, 0.29) is 0 Å². The summed E-state index contributed by atoms with van der Waals surface area (Å²) in [6.45, 7) is 0. The summed E-state index contributed by atoms with van der Waals surface area (Å²) in [5.41, 5.74) is 5.67. The Morgan fingerprint density at radius 2 is 2.00 bits per heavy atom. The monoisotopic (exact) mass is 359 g/mol. The Balaban J connectivity index is 1.47. The molecule has 0 amide bonds. The van der Waals surface area contributed by atoms with Crippen LogP contribution in [0, 0.1) is 0 Å². The van der Waals surface area contributed by atoms with Gasteiger partial charge in [-0.3, -0.25) is 0 Å². The fourth-order valence-electron chi connectivity index (χ4n) is 4.90. The smallest absolute Gasteiger partial charge is 0.0484 e. The second-order valence-electron chi connectivity index (χ2n) is 7.60. The number of para-hydroxylation sites is 1. The van der Waals surface area contributed by atoms with Crippen molar-refractivity contribution in [2.75, 3.05) is 0 Å². The zero-order valence-corrected chi connectivity index (χ0v) is 15.6. The van der Waals surface area contributed by atoms with Crippen LogP contribution in [0.3, 0.4) is 0 Å². The Kier molecular flexibility index (Phi) is 3.11. The molecular formula is C22H21N3S. The van der Waals surface area contributed by atoms with Gasteiger partial charge in [0.05, 0.1) is 0 Å². The van der Waals surface area contributed by atoms with Gasteiger partial charge in [-0.05, 0) is 42.7 Å². The Morgan fingerprint density at radius 1 is 1.08 bits per heavy atom. The Labute approximate surface area is 156 Å². The van der Waals surface area contributed by atoms with Gasteiger partial charge in [-0.1, -0.05) is 30.0 Å². The number of H-pyrrole nitrogens is 1. The third-order valence-electron chi connectivity index (χ3n) is 6.14. The molecule has 4 aromatic rings. The molecule has 2 bridgehead atoms. The Hall–Kier alpha value is -2.17. The van der Waals surface area contributed by atoms with Gasteiger partial charge >= 0.3 is 0 Å². The number of rotatable bonds is 2. The first-order chi connectivity index (χ1) is 12.8. The lowest BCUT2D eigenvalue weighted by Gasteiger charge is -2.23. The van der Waals surface area contributed by atoms with Crippen LogP contribution in [-0.4, -0.2) is 15.6 Å². The first-order valence-electron chi connectivity index (χ1n) is 9.39. The highest BCUT2D eigenvalue weighted by molar-refractivity contribution is 7.99. The fourth-order valence-corrected chi connectivity index (χ4v) is 5.87. The number of nitrogens with zero attached hydrogens (tertiary/aromatic N) is 1. The summed E-state index contributed by atoms with van der Waals surface area (Å²) < 4.78 is 2.43. The first kappa shape index (κ1) is 14.9. The van der Waals surface area contributed by atoms with Crippen LogP contribution in [0.4, 0.5) is 0 Å². The summed E-state index contributed by atoms with van der Waals surface area (Å²) in [6.07, 6.45) is 5.88. The molecule has 26 heavy (non-hydrogen) atoms. The third-order valence-corrected chi connectivity index (χ3v) is 7.19. The van der Waals surface area contributed by atoms with Crippen LogP contribution in [-0.2, 0) is 13.5 Å². The van der Waals surface area contributed by atoms with E-state index in [2.05, 4.69) is 70.6 Å². The van der Waals surface area contributed by atoms with Crippen molar-refractivity contribution in [1.29, 1.82) is 0 Å². The number of fused-ring (bicyclic) bond motifs is 7. The largest absolute Gasteiger partial charge is 0.360 e. The molecule has 4 heterocycles. The van der Waals surface area contributed by atoms with E-state index in [1.807, 2.05) is 11.8 Å². The van der Waals surface area contributed by atoms with E-state index in [1.54, 1.807) is 11.3 Å². The van der Waals surface area contributed by atoms with Gasteiger partial charge in [-0.15, -0.1) is 0 Å². The maximum Gasteiger partial charge on any atom is 0.0484 e. The lowest BCUT2D eigenvalue weighted by atomic mass is 9.99. The van der Waals surface area contributed by atoms with Crippen molar-refractivity contribution in [3.8, 4) is 0 Å². The van der Waals surface area contributed by atoms with Crippen molar-refractivity contribution >= 4 is 33.6 Å². The van der Waals surface area contributed by atoms with Gasteiger partial charge < -0.3 is 14.9 Å². The molecule has 1 fully saturated rings. The van der Waals surface area contributed by atoms with Gasteiger partial charge in [0.25, 0.3) is 0 Å². The molecule has 2 atom stereocenters. The zero-order valence-electron chi connectivity index (χ0n) is 14.8. The van der Waals surface area contributed by atoms with Crippen LogP contribution in [0.1, 0.15) is 30.1 Å². The molecule has 2 aliphatic rings. The molecule has 2 aliphatic heterocycles. The molecule has 0 saturated carbocycles. The fraction of sp³-hybridized carbons (Fsp3) is 0.273. The van der Waals surface area contributed by atoms with Crippen LogP contribution in [0.5, 0.6) is 0 Å². The summed E-state index contributed by atoms with van der Waals surface area (Å²) in [7, 11) is 2.23. The van der Waals surface area contributed by atoms with Crippen molar-refractivity contribution in [3.05, 3.63) is 59.9 Å². The molecule has 0 aliphatic carbocycles. The molecule has 6 rings (SSSR count). The van der Waals surface area contributed by atoms with Crippen molar-refractivity contribution in [2.45, 2.75) is 41.1 Å². The topological polar surface area (TPSA) is 32.8 Å². The van der Waals surface area contributed by atoms with Crippen LogP contribution in [0.15, 0.2) is 58.5 Å². The Morgan fingerprint density at radius 3 is 2.96 bits per heavy atom. The van der Waals surface area contributed by atoms with Crippen LogP contribution in [0.25, 0.3) is 21.8 Å². The third kappa shape index (κ3) is 2.06. The molecule has 1 saturated heterocycles. The standard InChI is InChI=1S/C22H21N3S/c1-25-19-9-7-14(26-21-12-23-17-5-3-2-4-15(17)21)11-16(19)22-18-8-6-13(24-18)10-20(22)25/h2-5,7,9,11-13,18,23-24H,6,8,10H2,1H3. The normalized spacial score (nSPS) is 21.6. The minimum Gasteiger partial charge on any atom is -0.360 e. The second-order valence-corrected chi connectivity index (χ2v) is 8.71. The summed E-state index contributed by atoms with van der Waals surface area (Å²) in [6, 6.07) is 16.7. The molecular weight excluding hydrogens is 338 g/mol. The van der Waals surface area contributed by atoms with E-state index < -0.39 is 0 Å². The molecule has 3 nitrogen and oxygen atoms in total. The van der Waals surface area contributed by atoms with Gasteiger partial charge in [-0.25, -0.2) is 0 Å². The maximum atomic E-state index is 3.82. The number of nitrogens with one attached hydrogen (secondary N) is 2. The maximum absolute atomic E-state index is 3.82. The molecule has 2 N–H and O–H groups in total. The van der Waals surface area contributed by atoms with E-state index >= 15 is 0 Å². The average Bonchev–Trinajstić information content (AvgIpc) is 3.32. The highest BCUT2D eigenvalue weighted by atomic mass is 32.2. The highest BCUT2D eigenvalue weighted by Gasteiger charge is 2.35. The Bertz CT molecular complexity index is 1150. The van der Waals surface area contributed by atoms with E-state index in [9.17, 15) is 0 Å². The molecule has 2 aromatic carbocycles. The quantitative estimate of drug-likeness (QED) is 0.518. The summed E-state index contributed by atoms with van der Waals surface area (Å²) >= 11 is 1.86. The van der Waals surface area contributed by atoms with E-state index in [0.717, 1.165) is 0 Å². The number of hydrogen-bond acceptors (Lipinski definition) is 2. The van der Waals surface area contributed by atoms with Crippen molar-refractivity contribution in [3.63, 3.8) is 0 Å². The predicted molar refractivity (Wildman–Crippen MR) is 108 cm³/mol. The average molecular weight is 359 g/mol. The van der Waals surface area contributed by atoms with Gasteiger partial charge in [0.2, 0.25) is 0 Å². The predicted octanol–water partition coefficient (Wildman–Crippen LogP) is 5.16. The number of aryl methyl sites for hydroxylation is 1. The molecule has 0 radical (unpaired) electrons. The van der Waals surface area contributed by atoms with E-state index in [4.69, 9.17) is 0 Å². The van der Waals surface area contributed by atoms with Gasteiger partial charge in [0.15, 0.2) is 0 Å². The van der Waals surface area contributed by atoms with Crippen LogP contribution < -0.4 is 5.32 Å². The molecule has 2 aromatic heterocycles. The minimum atomic E-state index is 0.542. The van der Waals surface area contributed by atoms with E-state index in [1.165, 1.54) is 50.9 Å². The first-order valence-corrected chi connectivity index (χ1v) is 10.2. The molecule has 4 heteroatoms. The molecule has 130 valence electrons. The lowest BCUT2D eigenvalue weighted by Crippen LogP contribution is -2.32. The number of benzene rings is 2. The van der Waals surface area contributed by atoms with Crippen LogP contribution in [0.2, 0.25) is 0 Å². The summed E-state index contributed by atoms with van der Waals surface area (Å²) in [4.78, 5) is 6.00. The SMILES string of the molecule is Cn1c2c(c3cc(Sc4c[nH]c5ccccc45)ccc31)C1CCC(C2)N1. The second kappa shape index (κ2) is 5.41. The lowest BCUT2D eigenvalue weighted by molar-refractivity contribution is 0.503. The summed E-state index contributed by atoms with van der Waals surface area (Å²) in [5.74, 6) is 0. The van der Waals surface area contributed by atoms with Gasteiger partial charge in [-0.2, -0.15) is 0 Å². The van der Waals surface area contributed by atoms with Crippen molar-refractivity contribution in [1.82, 2.24) is 14.9 Å². The zero-order chi connectivity index (χ0) is 17.3. The molecule has 0 spiro atoms. The van der Waals surface area contributed by atoms with E-state index in [0.29, 0.717) is 12.1 Å². The highest BCUT2D eigenvalue weighted by Crippen LogP contribution is 2.43. The summed E-state index contributed by atoms with van der Waals surface area (Å²) in [5, 5.41) is 6.55. The van der Waals surface area contributed by atoms with Gasteiger partial charge in [0.1, 0.15) is 0 Å². The van der Waals surface area contributed by atoms with Crippen molar-refractivity contribution < 1.29 is 0 Å². The molecule has 2 unspecified atom stereocenters. The number of hydrogen-bond donors (Lipinski definition) is 2. The number of aromatic amines is 1. The van der Waals surface area contributed by atoms with Gasteiger partial charge in [0, 0.05) is 69.0 Å². The minimum absolute atomic E-state index is 0.542. The number of aromatic nitrogens is 2. The van der Waals surface area contributed by atoms with Crippen LogP contribution >= 0.6 is 11.8 Å².